The zero-order valence-electron chi connectivity index (χ0n) is 16.5. The van der Waals surface area contributed by atoms with Gasteiger partial charge in [0.2, 0.25) is 0 Å². The Bertz CT molecular complexity index is 995. The molecule has 1 N–H and O–H groups in total. The first-order valence-corrected chi connectivity index (χ1v) is 9.18. The van der Waals surface area contributed by atoms with Crippen LogP contribution in [0.5, 0.6) is 17.2 Å². The Kier molecular flexibility index (Phi) is 6.29. The van der Waals surface area contributed by atoms with Crippen LogP contribution in [0.2, 0.25) is 5.02 Å². The number of rotatable bonds is 7. The molecule has 3 aromatic rings. The van der Waals surface area contributed by atoms with Crippen LogP contribution in [0.15, 0.2) is 40.9 Å². The van der Waals surface area contributed by atoms with E-state index in [1.165, 1.54) is 14.2 Å². The van der Waals surface area contributed by atoms with E-state index in [4.69, 9.17) is 30.3 Å². The number of benzene rings is 2. The third-order valence-corrected chi connectivity index (χ3v) is 4.70. The Labute approximate surface area is 173 Å². The molecule has 0 aliphatic carbocycles. The Hall–Kier alpha value is -3.19. The number of amides is 1. The topological polar surface area (TPSA) is 82.8 Å². The predicted molar refractivity (Wildman–Crippen MR) is 109 cm³/mol. The second-order valence-electron chi connectivity index (χ2n) is 6.26. The molecule has 1 amide bonds. The molecule has 0 bridgehead atoms. The Morgan fingerprint density at radius 1 is 1.10 bits per heavy atom. The van der Waals surface area contributed by atoms with Crippen LogP contribution in [-0.4, -0.2) is 25.3 Å². The molecule has 0 radical (unpaired) electrons. The first kappa shape index (κ1) is 20.5. The third kappa shape index (κ3) is 4.63. The van der Waals surface area contributed by atoms with E-state index in [1.807, 2.05) is 13.8 Å². The molecule has 0 aliphatic heterocycles. The molecular formula is C21H21ClN2O5. The van der Waals surface area contributed by atoms with Gasteiger partial charge in [-0.25, -0.2) is 0 Å². The fourth-order valence-corrected chi connectivity index (χ4v) is 2.96. The van der Waals surface area contributed by atoms with Gasteiger partial charge in [-0.05, 0) is 44.2 Å². The number of aryl methyl sites for hydroxylation is 2. The van der Waals surface area contributed by atoms with Gasteiger partial charge in [0.1, 0.15) is 29.6 Å². The van der Waals surface area contributed by atoms with Crippen molar-refractivity contribution in [1.29, 1.82) is 0 Å². The van der Waals surface area contributed by atoms with E-state index in [0.29, 0.717) is 40.1 Å². The summed E-state index contributed by atoms with van der Waals surface area (Å²) in [4.78, 5) is 12.6. The van der Waals surface area contributed by atoms with Crippen molar-refractivity contribution < 1.29 is 23.5 Å². The normalized spacial score (nSPS) is 10.5. The van der Waals surface area contributed by atoms with Crippen molar-refractivity contribution in [3.63, 3.8) is 0 Å². The fourth-order valence-electron chi connectivity index (χ4n) is 2.72. The second kappa shape index (κ2) is 8.87. The van der Waals surface area contributed by atoms with Crippen LogP contribution in [0.3, 0.4) is 0 Å². The molecule has 1 heterocycles. The number of anilines is 1. The zero-order chi connectivity index (χ0) is 21.0. The Morgan fingerprint density at radius 2 is 1.79 bits per heavy atom. The summed E-state index contributed by atoms with van der Waals surface area (Å²) in [6.07, 6.45) is 0. The molecule has 8 heteroatoms. The highest BCUT2D eigenvalue weighted by atomic mass is 35.5. The van der Waals surface area contributed by atoms with Gasteiger partial charge >= 0.3 is 0 Å². The maximum Gasteiger partial charge on any atom is 0.255 e. The first-order chi connectivity index (χ1) is 13.9. The van der Waals surface area contributed by atoms with Gasteiger partial charge in [0.05, 0.1) is 36.2 Å². The van der Waals surface area contributed by atoms with Crippen LogP contribution in [0.1, 0.15) is 27.4 Å². The van der Waals surface area contributed by atoms with Crippen LogP contribution in [0.25, 0.3) is 0 Å². The van der Waals surface area contributed by atoms with E-state index in [2.05, 4.69) is 10.5 Å². The summed E-state index contributed by atoms with van der Waals surface area (Å²) in [6.45, 7) is 4.04. The molecular weight excluding hydrogens is 396 g/mol. The largest absolute Gasteiger partial charge is 0.495 e. The predicted octanol–water partition coefficient (Wildman–Crippen LogP) is 4.79. The third-order valence-electron chi connectivity index (χ3n) is 4.40. The maximum absolute atomic E-state index is 12.6. The summed E-state index contributed by atoms with van der Waals surface area (Å²) in [5.41, 5.74) is 2.62. The van der Waals surface area contributed by atoms with Crippen molar-refractivity contribution in [2.45, 2.75) is 20.5 Å². The van der Waals surface area contributed by atoms with Gasteiger partial charge in [0.25, 0.3) is 5.91 Å². The lowest BCUT2D eigenvalue weighted by atomic mass is 10.2. The van der Waals surface area contributed by atoms with E-state index >= 15 is 0 Å². The molecule has 7 nitrogen and oxygen atoms in total. The van der Waals surface area contributed by atoms with Gasteiger partial charge in [0.15, 0.2) is 0 Å². The molecule has 29 heavy (non-hydrogen) atoms. The molecule has 3 rings (SSSR count). The lowest BCUT2D eigenvalue weighted by Gasteiger charge is -2.13. The van der Waals surface area contributed by atoms with Gasteiger partial charge < -0.3 is 24.1 Å². The molecule has 0 saturated carbocycles. The van der Waals surface area contributed by atoms with E-state index < -0.39 is 0 Å². The number of carbonyl (C=O) groups is 1. The summed E-state index contributed by atoms with van der Waals surface area (Å²) in [7, 11) is 3.01. The standard InChI is InChI=1S/C21H21ClN2O5/c1-12-16(13(2)29-24-12)11-28-15-7-5-14(6-8-15)21(25)23-18-9-17(22)19(26-3)10-20(18)27-4/h5-10H,11H2,1-4H3,(H,23,25). The minimum atomic E-state index is -0.304. The van der Waals surface area contributed by atoms with Crippen molar-refractivity contribution in [3.8, 4) is 17.2 Å². The van der Waals surface area contributed by atoms with E-state index in [-0.39, 0.29) is 5.91 Å². The number of ether oxygens (including phenoxy) is 3. The quantitative estimate of drug-likeness (QED) is 0.596. The van der Waals surface area contributed by atoms with E-state index in [1.54, 1.807) is 36.4 Å². The van der Waals surface area contributed by atoms with Crippen molar-refractivity contribution in [3.05, 3.63) is 64.0 Å². The average Bonchev–Trinajstić information content (AvgIpc) is 3.04. The van der Waals surface area contributed by atoms with Crippen LogP contribution >= 0.6 is 11.6 Å². The smallest absolute Gasteiger partial charge is 0.255 e. The molecule has 0 aliphatic rings. The number of hydrogen-bond acceptors (Lipinski definition) is 6. The number of nitrogens with one attached hydrogen (secondary N) is 1. The highest BCUT2D eigenvalue weighted by molar-refractivity contribution is 6.32. The highest BCUT2D eigenvalue weighted by Gasteiger charge is 2.14. The fraction of sp³-hybridized carbons (Fsp3) is 0.238. The number of carbonyl (C=O) groups excluding carboxylic acids is 1. The van der Waals surface area contributed by atoms with Crippen LogP contribution < -0.4 is 19.5 Å². The summed E-state index contributed by atoms with van der Waals surface area (Å²) >= 11 is 6.15. The van der Waals surface area contributed by atoms with Crippen LogP contribution in [0, 0.1) is 13.8 Å². The average molecular weight is 417 g/mol. The van der Waals surface area contributed by atoms with Gasteiger partial charge in [-0.3, -0.25) is 4.79 Å². The number of aromatic nitrogens is 1. The van der Waals surface area contributed by atoms with Gasteiger partial charge in [0, 0.05) is 11.6 Å². The van der Waals surface area contributed by atoms with Crippen LogP contribution in [0.4, 0.5) is 5.69 Å². The van der Waals surface area contributed by atoms with E-state index in [9.17, 15) is 4.79 Å². The van der Waals surface area contributed by atoms with Crippen LogP contribution in [-0.2, 0) is 6.61 Å². The van der Waals surface area contributed by atoms with Crippen molar-refractivity contribution in [2.75, 3.05) is 19.5 Å². The molecule has 0 unspecified atom stereocenters. The lowest BCUT2D eigenvalue weighted by Crippen LogP contribution is -2.12. The summed E-state index contributed by atoms with van der Waals surface area (Å²) in [6, 6.07) is 10.0. The molecule has 2 aromatic carbocycles. The second-order valence-corrected chi connectivity index (χ2v) is 6.66. The van der Waals surface area contributed by atoms with Crippen molar-refractivity contribution in [1.82, 2.24) is 5.16 Å². The summed E-state index contributed by atoms with van der Waals surface area (Å²) in [5, 5.41) is 7.06. The summed E-state index contributed by atoms with van der Waals surface area (Å²) in [5.74, 6) is 1.96. The summed E-state index contributed by atoms with van der Waals surface area (Å²) < 4.78 is 21.3. The number of methoxy groups -OCH3 is 2. The number of nitrogens with zero attached hydrogens (tertiary/aromatic N) is 1. The van der Waals surface area contributed by atoms with Gasteiger partial charge in [-0.15, -0.1) is 0 Å². The lowest BCUT2D eigenvalue weighted by molar-refractivity contribution is 0.102. The molecule has 0 saturated heterocycles. The maximum atomic E-state index is 12.6. The minimum absolute atomic E-state index is 0.304. The van der Waals surface area contributed by atoms with E-state index in [0.717, 1.165) is 17.0 Å². The molecule has 0 atom stereocenters. The van der Waals surface area contributed by atoms with Gasteiger partial charge in [-0.2, -0.15) is 0 Å². The Morgan fingerprint density at radius 3 is 2.38 bits per heavy atom. The van der Waals surface area contributed by atoms with Crippen molar-refractivity contribution >= 4 is 23.2 Å². The van der Waals surface area contributed by atoms with Gasteiger partial charge in [-0.1, -0.05) is 16.8 Å². The molecule has 1 aromatic heterocycles. The molecule has 0 fully saturated rings. The zero-order valence-corrected chi connectivity index (χ0v) is 17.3. The SMILES string of the molecule is COc1cc(OC)c(NC(=O)c2ccc(OCc3c(C)noc3C)cc2)cc1Cl. The molecule has 0 spiro atoms. The number of halogens is 1. The highest BCUT2D eigenvalue weighted by Crippen LogP contribution is 2.36. The monoisotopic (exact) mass is 416 g/mol. The molecule has 152 valence electrons. The van der Waals surface area contributed by atoms with Crippen molar-refractivity contribution in [2.24, 2.45) is 0 Å². The number of hydrogen-bond donors (Lipinski definition) is 1. The minimum Gasteiger partial charge on any atom is -0.495 e. The first-order valence-electron chi connectivity index (χ1n) is 8.80. The Balaban J connectivity index is 1.68.